The van der Waals surface area contributed by atoms with E-state index in [0.717, 1.165) is 0 Å². The van der Waals surface area contributed by atoms with Crippen molar-refractivity contribution < 1.29 is 19.0 Å². The summed E-state index contributed by atoms with van der Waals surface area (Å²) >= 11 is 0. The lowest BCUT2D eigenvalue weighted by Gasteiger charge is -2.10. The van der Waals surface area contributed by atoms with Crippen molar-refractivity contribution in [3.05, 3.63) is 48.0 Å². The summed E-state index contributed by atoms with van der Waals surface area (Å²) in [7, 11) is 3.10. The Kier molecular flexibility index (Phi) is 5.48. The molecule has 0 saturated heterocycles. The minimum Gasteiger partial charge on any atom is -0.497 e. The maximum atomic E-state index is 12.3. The van der Waals surface area contributed by atoms with Gasteiger partial charge >= 0.3 is 0 Å². The molecule has 2 rings (SSSR count). The highest BCUT2D eigenvalue weighted by Crippen LogP contribution is 2.26. The third-order valence-corrected chi connectivity index (χ3v) is 3.05. The van der Waals surface area contributed by atoms with Crippen molar-refractivity contribution in [1.29, 1.82) is 0 Å². The van der Waals surface area contributed by atoms with E-state index in [1.54, 1.807) is 56.7 Å². The molecule has 5 heteroatoms. The first kappa shape index (κ1) is 16.2. The molecule has 0 heterocycles. The number of carbonyl (C=O) groups is 1. The maximum absolute atomic E-state index is 12.3. The van der Waals surface area contributed by atoms with Gasteiger partial charge in [0.15, 0.2) is 0 Å². The van der Waals surface area contributed by atoms with Gasteiger partial charge in [0.25, 0.3) is 5.91 Å². The number of methoxy groups -OCH3 is 2. The van der Waals surface area contributed by atoms with Gasteiger partial charge in [0.2, 0.25) is 0 Å². The number of carbonyl (C=O) groups excluding carboxylic acids is 1. The summed E-state index contributed by atoms with van der Waals surface area (Å²) in [6.07, 6.45) is 5.13. The van der Waals surface area contributed by atoms with Crippen LogP contribution in [0.2, 0.25) is 0 Å². The van der Waals surface area contributed by atoms with Crippen LogP contribution in [0.3, 0.4) is 0 Å². The highest BCUT2D eigenvalue weighted by Gasteiger charge is 2.09. The quantitative estimate of drug-likeness (QED) is 0.833. The molecule has 0 spiro atoms. The normalized spacial score (nSPS) is 9.61. The third-order valence-electron chi connectivity index (χ3n) is 3.05. The van der Waals surface area contributed by atoms with Crippen LogP contribution < -0.4 is 19.5 Å². The molecule has 1 N–H and O–H groups in total. The number of hydrogen-bond donors (Lipinski definition) is 1. The molecule has 118 valence electrons. The predicted molar refractivity (Wildman–Crippen MR) is 88.3 cm³/mol. The van der Waals surface area contributed by atoms with E-state index in [2.05, 4.69) is 11.2 Å². The standard InChI is InChI=1S/C18H17NO4/c1-4-9-23-15-7-5-13(6-8-15)18(20)19-14-10-16(21-2)12-17(11-14)22-3/h1,5-8,10-12H,9H2,2-3H3,(H,19,20). The van der Waals surface area contributed by atoms with E-state index in [9.17, 15) is 4.79 Å². The second-order valence-electron chi connectivity index (χ2n) is 4.57. The van der Waals surface area contributed by atoms with E-state index in [-0.39, 0.29) is 12.5 Å². The first-order valence-electron chi connectivity index (χ1n) is 6.87. The number of amides is 1. The van der Waals surface area contributed by atoms with Gasteiger partial charge in [0.1, 0.15) is 23.9 Å². The lowest BCUT2D eigenvalue weighted by molar-refractivity contribution is 0.102. The van der Waals surface area contributed by atoms with Crippen molar-refractivity contribution in [2.24, 2.45) is 0 Å². The topological polar surface area (TPSA) is 56.8 Å². The van der Waals surface area contributed by atoms with Crippen LogP contribution in [0.25, 0.3) is 0 Å². The molecule has 2 aromatic carbocycles. The van der Waals surface area contributed by atoms with E-state index in [0.29, 0.717) is 28.5 Å². The zero-order chi connectivity index (χ0) is 16.7. The van der Waals surface area contributed by atoms with Crippen LogP contribution in [0.15, 0.2) is 42.5 Å². The second-order valence-corrected chi connectivity index (χ2v) is 4.57. The summed E-state index contributed by atoms with van der Waals surface area (Å²) in [4.78, 5) is 12.3. The number of hydrogen-bond acceptors (Lipinski definition) is 4. The molecule has 1 amide bonds. The van der Waals surface area contributed by atoms with Crippen LogP contribution >= 0.6 is 0 Å². The summed E-state index contributed by atoms with van der Waals surface area (Å²) in [5.41, 5.74) is 1.08. The van der Waals surface area contributed by atoms with Crippen molar-refractivity contribution in [3.63, 3.8) is 0 Å². The van der Waals surface area contributed by atoms with E-state index in [1.165, 1.54) is 0 Å². The minimum atomic E-state index is -0.246. The van der Waals surface area contributed by atoms with Crippen molar-refractivity contribution in [1.82, 2.24) is 0 Å². The Morgan fingerprint density at radius 1 is 1.04 bits per heavy atom. The number of rotatable bonds is 6. The lowest BCUT2D eigenvalue weighted by Crippen LogP contribution is -2.12. The van der Waals surface area contributed by atoms with Gasteiger partial charge in [0.05, 0.1) is 14.2 Å². The van der Waals surface area contributed by atoms with Gasteiger partial charge in [-0.05, 0) is 24.3 Å². The molecule has 0 aromatic heterocycles. The van der Waals surface area contributed by atoms with Gasteiger partial charge in [-0.1, -0.05) is 5.92 Å². The molecule has 5 nitrogen and oxygen atoms in total. The molecule has 0 radical (unpaired) electrons. The van der Waals surface area contributed by atoms with Crippen molar-refractivity contribution in [2.45, 2.75) is 0 Å². The van der Waals surface area contributed by atoms with Crippen molar-refractivity contribution >= 4 is 11.6 Å². The fourth-order valence-electron chi connectivity index (χ4n) is 1.91. The Labute approximate surface area is 135 Å². The summed E-state index contributed by atoms with van der Waals surface area (Å²) in [5, 5.41) is 2.80. The summed E-state index contributed by atoms with van der Waals surface area (Å²) < 4.78 is 15.6. The SMILES string of the molecule is C#CCOc1ccc(C(=O)Nc2cc(OC)cc(OC)c2)cc1. The third kappa shape index (κ3) is 4.42. The number of benzene rings is 2. The highest BCUT2D eigenvalue weighted by molar-refractivity contribution is 6.04. The van der Waals surface area contributed by atoms with Crippen molar-refractivity contribution in [2.75, 3.05) is 26.1 Å². The molecule has 0 aliphatic heterocycles. The largest absolute Gasteiger partial charge is 0.497 e. The molecule has 0 saturated carbocycles. The number of terminal acetylenes is 1. The van der Waals surface area contributed by atoms with Gasteiger partial charge in [0, 0.05) is 29.4 Å². The van der Waals surface area contributed by atoms with Crippen LogP contribution in [-0.2, 0) is 0 Å². The van der Waals surface area contributed by atoms with Crippen LogP contribution in [0.5, 0.6) is 17.2 Å². The maximum Gasteiger partial charge on any atom is 0.255 e. The number of nitrogens with one attached hydrogen (secondary N) is 1. The molecule has 2 aromatic rings. The molecule has 0 fully saturated rings. The smallest absolute Gasteiger partial charge is 0.255 e. The molecule has 0 aliphatic carbocycles. The molecular weight excluding hydrogens is 294 g/mol. The van der Waals surface area contributed by atoms with Crippen LogP contribution in [0, 0.1) is 12.3 Å². The Balaban J connectivity index is 2.11. The van der Waals surface area contributed by atoms with Crippen molar-refractivity contribution in [3.8, 4) is 29.6 Å². The first-order chi connectivity index (χ1) is 11.2. The van der Waals surface area contributed by atoms with E-state index < -0.39 is 0 Å². The van der Waals surface area contributed by atoms with Crippen LogP contribution in [0.1, 0.15) is 10.4 Å². The monoisotopic (exact) mass is 311 g/mol. The summed E-state index contributed by atoms with van der Waals surface area (Å²) in [5.74, 6) is 3.94. The van der Waals surface area contributed by atoms with Crippen LogP contribution in [0.4, 0.5) is 5.69 Å². The first-order valence-corrected chi connectivity index (χ1v) is 6.87. The zero-order valence-corrected chi connectivity index (χ0v) is 13.0. The molecule has 0 aliphatic rings. The fourth-order valence-corrected chi connectivity index (χ4v) is 1.91. The summed E-state index contributed by atoms with van der Waals surface area (Å²) in [6, 6.07) is 11.9. The lowest BCUT2D eigenvalue weighted by atomic mass is 10.2. The van der Waals surface area contributed by atoms with Gasteiger partial charge in [-0.2, -0.15) is 0 Å². The Morgan fingerprint density at radius 2 is 1.65 bits per heavy atom. The molecule has 0 bridgehead atoms. The van der Waals surface area contributed by atoms with Gasteiger partial charge in [-0.3, -0.25) is 4.79 Å². The Bertz CT molecular complexity index is 695. The number of ether oxygens (including phenoxy) is 3. The van der Waals surface area contributed by atoms with Gasteiger partial charge in [-0.15, -0.1) is 6.42 Å². The predicted octanol–water partition coefficient (Wildman–Crippen LogP) is 2.97. The molecule has 23 heavy (non-hydrogen) atoms. The highest BCUT2D eigenvalue weighted by atomic mass is 16.5. The minimum absolute atomic E-state index is 0.190. The van der Waals surface area contributed by atoms with Gasteiger partial charge < -0.3 is 19.5 Å². The van der Waals surface area contributed by atoms with Crippen LogP contribution in [-0.4, -0.2) is 26.7 Å². The molecular formula is C18H17NO4. The zero-order valence-electron chi connectivity index (χ0n) is 13.0. The van der Waals surface area contributed by atoms with E-state index >= 15 is 0 Å². The van der Waals surface area contributed by atoms with Gasteiger partial charge in [-0.25, -0.2) is 0 Å². The number of anilines is 1. The van der Waals surface area contributed by atoms with E-state index in [1.807, 2.05) is 0 Å². The fraction of sp³-hybridized carbons (Fsp3) is 0.167. The Hall–Kier alpha value is -3.13. The average molecular weight is 311 g/mol. The average Bonchev–Trinajstić information content (AvgIpc) is 2.59. The van der Waals surface area contributed by atoms with E-state index in [4.69, 9.17) is 20.6 Å². The summed E-state index contributed by atoms with van der Waals surface area (Å²) in [6.45, 7) is 0.190. The molecule has 0 atom stereocenters. The second kappa shape index (κ2) is 7.76. The molecule has 0 unspecified atom stereocenters. The Morgan fingerprint density at radius 3 is 2.17 bits per heavy atom.